The number of carbonyl (C=O) groups excluding carboxylic acids is 1. The molecule has 1 saturated heterocycles. The number of benzene rings is 1. The summed E-state index contributed by atoms with van der Waals surface area (Å²) >= 11 is 3.27. The zero-order valence-corrected chi connectivity index (χ0v) is 12.1. The van der Waals surface area contributed by atoms with Crippen LogP contribution < -0.4 is 0 Å². The van der Waals surface area contributed by atoms with Crippen molar-refractivity contribution in [3.05, 3.63) is 34.9 Å². The molecule has 0 spiro atoms. The molecule has 1 aliphatic heterocycles. The fourth-order valence-electron chi connectivity index (χ4n) is 2.21. The molecule has 0 atom stereocenters. The van der Waals surface area contributed by atoms with E-state index in [1.54, 1.807) is 0 Å². The lowest BCUT2D eigenvalue weighted by Crippen LogP contribution is -2.28. The van der Waals surface area contributed by atoms with Crippen molar-refractivity contribution in [2.45, 2.75) is 19.8 Å². The molecule has 3 heteroatoms. The zero-order chi connectivity index (χ0) is 13.0. The number of carbonyl (C=O) groups is 1. The van der Waals surface area contributed by atoms with Gasteiger partial charge in [-0.05, 0) is 43.5 Å². The molecular weight excluding hydrogens is 290 g/mol. The van der Waals surface area contributed by atoms with Crippen molar-refractivity contribution in [1.29, 1.82) is 0 Å². The van der Waals surface area contributed by atoms with Gasteiger partial charge >= 0.3 is 0 Å². The number of hydrogen-bond donors (Lipinski definition) is 0. The summed E-state index contributed by atoms with van der Waals surface area (Å²) in [5, 5.41) is 0.667. The molecule has 1 aromatic rings. The average molecular weight is 306 g/mol. The van der Waals surface area contributed by atoms with E-state index in [1.165, 1.54) is 0 Å². The van der Waals surface area contributed by atoms with Gasteiger partial charge in [-0.25, -0.2) is 0 Å². The molecule has 18 heavy (non-hydrogen) atoms. The van der Waals surface area contributed by atoms with E-state index in [1.807, 2.05) is 30.0 Å². The molecule has 0 unspecified atom stereocenters. The minimum absolute atomic E-state index is 0.157. The Morgan fingerprint density at radius 2 is 2.11 bits per heavy atom. The molecule has 1 aliphatic rings. The fourth-order valence-corrected chi connectivity index (χ4v) is 2.35. The summed E-state index contributed by atoms with van der Waals surface area (Å²) in [7, 11) is 0. The molecule has 0 radical (unpaired) electrons. The van der Waals surface area contributed by atoms with Crippen molar-refractivity contribution >= 4 is 21.8 Å². The van der Waals surface area contributed by atoms with Crippen LogP contribution in [0.15, 0.2) is 18.2 Å². The molecule has 1 amide bonds. The number of alkyl halides is 1. The van der Waals surface area contributed by atoms with Gasteiger partial charge in [-0.2, -0.15) is 0 Å². The normalized spacial score (nSPS) is 14.2. The van der Waals surface area contributed by atoms with Crippen LogP contribution in [0, 0.1) is 18.8 Å². The van der Waals surface area contributed by atoms with Gasteiger partial charge < -0.3 is 4.90 Å². The van der Waals surface area contributed by atoms with Crippen molar-refractivity contribution in [2.75, 3.05) is 18.4 Å². The van der Waals surface area contributed by atoms with Crippen LogP contribution in [0.4, 0.5) is 0 Å². The number of halogens is 1. The Bertz CT molecular complexity index is 507. The van der Waals surface area contributed by atoms with E-state index in [4.69, 9.17) is 0 Å². The maximum absolute atomic E-state index is 12.3. The van der Waals surface area contributed by atoms with Crippen LogP contribution >= 0.6 is 15.9 Å². The Kier molecular flexibility index (Phi) is 4.43. The number of hydrogen-bond acceptors (Lipinski definition) is 1. The molecule has 0 N–H and O–H groups in total. The highest BCUT2D eigenvalue weighted by Gasteiger charge is 2.20. The van der Waals surface area contributed by atoms with E-state index >= 15 is 0 Å². The van der Waals surface area contributed by atoms with E-state index in [2.05, 4.69) is 27.8 Å². The summed E-state index contributed by atoms with van der Waals surface area (Å²) in [6.07, 6.45) is 2.25. The van der Waals surface area contributed by atoms with Crippen LogP contribution in [0.3, 0.4) is 0 Å². The topological polar surface area (TPSA) is 20.3 Å². The van der Waals surface area contributed by atoms with Crippen molar-refractivity contribution in [3.8, 4) is 11.8 Å². The third-order valence-electron chi connectivity index (χ3n) is 3.15. The van der Waals surface area contributed by atoms with Crippen molar-refractivity contribution in [3.63, 3.8) is 0 Å². The Morgan fingerprint density at radius 1 is 1.39 bits per heavy atom. The van der Waals surface area contributed by atoms with Gasteiger partial charge in [0.25, 0.3) is 5.91 Å². The van der Waals surface area contributed by atoms with Crippen LogP contribution in [-0.4, -0.2) is 29.2 Å². The second-order valence-electron chi connectivity index (χ2n) is 4.46. The van der Waals surface area contributed by atoms with Gasteiger partial charge in [0.05, 0.1) is 5.33 Å². The standard InChI is InChI=1S/C15H16BrNO/c1-12-11-13(5-4-8-16)6-7-14(12)15(18)17-9-2-3-10-17/h6-7,11H,2-3,8-10H2,1H3. The molecule has 2 nitrogen and oxygen atoms in total. The molecule has 0 aromatic heterocycles. The highest BCUT2D eigenvalue weighted by atomic mass is 79.9. The fraction of sp³-hybridized carbons (Fsp3) is 0.400. The smallest absolute Gasteiger partial charge is 0.254 e. The maximum Gasteiger partial charge on any atom is 0.254 e. The average Bonchev–Trinajstić information content (AvgIpc) is 2.89. The van der Waals surface area contributed by atoms with Gasteiger partial charge in [0, 0.05) is 24.2 Å². The lowest BCUT2D eigenvalue weighted by molar-refractivity contribution is 0.0792. The predicted molar refractivity (Wildman–Crippen MR) is 77.0 cm³/mol. The summed E-state index contributed by atoms with van der Waals surface area (Å²) in [4.78, 5) is 14.2. The molecule has 94 valence electrons. The SMILES string of the molecule is Cc1cc(C#CCBr)ccc1C(=O)N1CCCC1. The summed E-state index contributed by atoms with van der Waals surface area (Å²) in [6.45, 7) is 3.76. The monoisotopic (exact) mass is 305 g/mol. The lowest BCUT2D eigenvalue weighted by Gasteiger charge is -2.16. The minimum Gasteiger partial charge on any atom is -0.339 e. The first-order chi connectivity index (χ1) is 8.72. The first-order valence-electron chi connectivity index (χ1n) is 6.17. The summed E-state index contributed by atoms with van der Waals surface area (Å²) in [6, 6.07) is 5.80. The summed E-state index contributed by atoms with van der Waals surface area (Å²) < 4.78 is 0. The van der Waals surface area contributed by atoms with Gasteiger partial charge in [-0.3, -0.25) is 4.79 Å². The number of rotatable bonds is 1. The molecule has 1 heterocycles. The molecule has 1 fully saturated rings. The summed E-state index contributed by atoms with van der Waals surface area (Å²) in [5.74, 6) is 6.17. The van der Waals surface area contributed by atoms with Gasteiger partial charge in [0.15, 0.2) is 0 Å². The van der Waals surface area contributed by atoms with Gasteiger partial charge in [-0.1, -0.05) is 27.8 Å². The van der Waals surface area contributed by atoms with E-state index in [0.717, 1.165) is 42.6 Å². The Hall–Kier alpha value is -1.27. The van der Waals surface area contributed by atoms with Gasteiger partial charge in [-0.15, -0.1) is 0 Å². The van der Waals surface area contributed by atoms with Crippen molar-refractivity contribution < 1.29 is 4.79 Å². The minimum atomic E-state index is 0.157. The molecule has 0 aliphatic carbocycles. The summed E-state index contributed by atoms with van der Waals surface area (Å²) in [5.41, 5.74) is 2.78. The highest BCUT2D eigenvalue weighted by Crippen LogP contribution is 2.17. The number of likely N-dealkylation sites (tertiary alicyclic amines) is 1. The quantitative estimate of drug-likeness (QED) is 0.577. The molecule has 0 bridgehead atoms. The first-order valence-corrected chi connectivity index (χ1v) is 7.29. The number of aryl methyl sites for hydroxylation is 1. The third-order valence-corrected chi connectivity index (χ3v) is 3.43. The van der Waals surface area contributed by atoms with Crippen LogP contribution in [-0.2, 0) is 0 Å². The van der Waals surface area contributed by atoms with Gasteiger partial charge in [0.1, 0.15) is 0 Å². The number of nitrogens with zero attached hydrogens (tertiary/aromatic N) is 1. The van der Waals surface area contributed by atoms with Gasteiger partial charge in [0.2, 0.25) is 0 Å². The Labute approximate surface area is 116 Å². The largest absolute Gasteiger partial charge is 0.339 e. The van der Waals surface area contributed by atoms with Crippen LogP contribution in [0.1, 0.15) is 34.3 Å². The zero-order valence-electron chi connectivity index (χ0n) is 10.5. The molecule has 0 saturated carbocycles. The Morgan fingerprint density at radius 3 is 2.72 bits per heavy atom. The first kappa shape index (κ1) is 13.2. The van der Waals surface area contributed by atoms with E-state index in [9.17, 15) is 4.79 Å². The third kappa shape index (κ3) is 2.94. The molecule has 2 rings (SSSR count). The molecular formula is C15H16BrNO. The second kappa shape index (κ2) is 6.06. The Balaban J connectivity index is 2.21. The highest BCUT2D eigenvalue weighted by molar-refractivity contribution is 9.09. The van der Waals surface area contributed by atoms with E-state index < -0.39 is 0 Å². The van der Waals surface area contributed by atoms with Crippen LogP contribution in [0.25, 0.3) is 0 Å². The molecule has 1 aromatic carbocycles. The predicted octanol–water partition coefficient (Wildman–Crippen LogP) is 2.98. The van der Waals surface area contributed by atoms with E-state index in [-0.39, 0.29) is 5.91 Å². The second-order valence-corrected chi connectivity index (χ2v) is 5.03. The van der Waals surface area contributed by atoms with Crippen molar-refractivity contribution in [1.82, 2.24) is 4.90 Å². The van der Waals surface area contributed by atoms with Crippen molar-refractivity contribution in [2.24, 2.45) is 0 Å². The van der Waals surface area contributed by atoms with E-state index in [0.29, 0.717) is 5.33 Å². The lowest BCUT2D eigenvalue weighted by atomic mass is 10.0. The maximum atomic E-state index is 12.3. The van der Waals surface area contributed by atoms with Crippen LogP contribution in [0.2, 0.25) is 0 Å². The number of amides is 1. The van der Waals surface area contributed by atoms with Crippen LogP contribution in [0.5, 0.6) is 0 Å².